The lowest BCUT2D eigenvalue weighted by molar-refractivity contribution is -0.140. The molecule has 0 rings (SSSR count). The Balaban J connectivity index is 3.73. The Labute approximate surface area is 130 Å². The van der Waals surface area contributed by atoms with Crippen LogP contribution in [0.2, 0.25) is 0 Å². The number of amides is 2. The van der Waals surface area contributed by atoms with Gasteiger partial charge in [-0.05, 0) is 25.5 Å². The molecule has 2 atom stereocenters. The lowest BCUT2D eigenvalue weighted by Gasteiger charge is -2.14. The van der Waals surface area contributed by atoms with Crippen molar-refractivity contribution in [1.29, 1.82) is 0 Å². The third-order valence-corrected chi connectivity index (χ3v) is 3.99. The summed E-state index contributed by atoms with van der Waals surface area (Å²) in [6, 6.07) is -0.709. The van der Waals surface area contributed by atoms with Gasteiger partial charge in [0, 0.05) is 6.04 Å². The number of rotatable bonds is 13. The van der Waals surface area contributed by atoms with Crippen molar-refractivity contribution in [2.75, 3.05) is 11.5 Å². The molecule has 0 saturated heterocycles. The van der Waals surface area contributed by atoms with E-state index >= 15 is 0 Å². The fourth-order valence-electron chi connectivity index (χ4n) is 1.82. The van der Waals surface area contributed by atoms with Crippen LogP contribution in [0.4, 0.5) is 0 Å². The molecule has 122 valence electrons. The van der Waals surface area contributed by atoms with Gasteiger partial charge in [0.15, 0.2) is 0 Å². The average Bonchev–Trinajstić information content (AvgIpc) is 2.42. The minimum Gasteiger partial charge on any atom is -0.480 e. The SMILES string of the molecule is CCCCCC(C)NC(=O)CSCCC(NC=O)C(=O)O. The maximum absolute atomic E-state index is 11.7. The van der Waals surface area contributed by atoms with Gasteiger partial charge < -0.3 is 15.7 Å². The van der Waals surface area contributed by atoms with Gasteiger partial charge in [-0.1, -0.05) is 26.2 Å². The van der Waals surface area contributed by atoms with Crippen molar-refractivity contribution in [3.05, 3.63) is 0 Å². The summed E-state index contributed by atoms with van der Waals surface area (Å²) in [4.78, 5) is 32.7. The molecular weight excluding hydrogens is 292 g/mol. The quantitative estimate of drug-likeness (QED) is 0.352. The van der Waals surface area contributed by atoms with Crippen molar-refractivity contribution in [1.82, 2.24) is 10.6 Å². The summed E-state index contributed by atoms with van der Waals surface area (Å²) in [5, 5.41) is 14.0. The number of nitrogens with one attached hydrogen (secondary N) is 2. The molecule has 0 aliphatic rings. The first kappa shape index (κ1) is 19.8. The Morgan fingerprint density at radius 1 is 1.29 bits per heavy atom. The lowest BCUT2D eigenvalue weighted by Crippen LogP contribution is -2.36. The van der Waals surface area contributed by atoms with Crippen molar-refractivity contribution < 1.29 is 19.5 Å². The van der Waals surface area contributed by atoms with Gasteiger partial charge in [0.2, 0.25) is 12.3 Å². The van der Waals surface area contributed by atoms with E-state index in [9.17, 15) is 14.4 Å². The Kier molecular flexibility index (Phi) is 11.8. The second-order valence-electron chi connectivity index (χ2n) is 4.98. The molecule has 2 unspecified atom stereocenters. The standard InChI is InChI=1S/C14H26N2O4S/c1-3-4-5-6-11(2)16-13(18)9-21-8-7-12(14(19)20)15-10-17/h10-12H,3-9H2,1-2H3,(H,15,17)(H,16,18)(H,19,20). The van der Waals surface area contributed by atoms with E-state index in [0.29, 0.717) is 24.3 Å². The first-order chi connectivity index (χ1) is 10.0. The second-order valence-corrected chi connectivity index (χ2v) is 6.09. The zero-order valence-electron chi connectivity index (χ0n) is 12.8. The zero-order valence-corrected chi connectivity index (χ0v) is 13.6. The Hall–Kier alpha value is -1.24. The molecule has 0 aliphatic carbocycles. The van der Waals surface area contributed by atoms with Crippen LogP contribution in [-0.4, -0.2) is 47.0 Å². The number of unbranched alkanes of at least 4 members (excludes halogenated alkanes) is 2. The fourth-order valence-corrected chi connectivity index (χ4v) is 2.63. The van der Waals surface area contributed by atoms with E-state index in [1.165, 1.54) is 18.2 Å². The van der Waals surface area contributed by atoms with Gasteiger partial charge in [0.25, 0.3) is 0 Å². The van der Waals surface area contributed by atoms with Crippen molar-refractivity contribution >= 4 is 30.0 Å². The van der Waals surface area contributed by atoms with Gasteiger partial charge in [-0.2, -0.15) is 11.8 Å². The highest BCUT2D eigenvalue weighted by atomic mass is 32.2. The van der Waals surface area contributed by atoms with Crippen LogP contribution in [0.1, 0.15) is 46.0 Å². The Bertz CT molecular complexity index is 326. The minimum absolute atomic E-state index is 0.0285. The summed E-state index contributed by atoms with van der Waals surface area (Å²) in [6.45, 7) is 4.14. The van der Waals surface area contributed by atoms with Crippen molar-refractivity contribution in [2.45, 2.75) is 58.0 Å². The van der Waals surface area contributed by atoms with Crippen molar-refractivity contribution in [3.8, 4) is 0 Å². The van der Waals surface area contributed by atoms with Crippen LogP contribution in [0.15, 0.2) is 0 Å². The molecule has 0 aromatic carbocycles. The van der Waals surface area contributed by atoms with Crippen LogP contribution in [-0.2, 0) is 14.4 Å². The molecular formula is C14H26N2O4S. The number of carboxylic acid groups (broad SMARTS) is 1. The zero-order chi connectivity index (χ0) is 16.1. The van der Waals surface area contributed by atoms with Crippen LogP contribution in [0, 0.1) is 0 Å². The molecule has 3 N–H and O–H groups in total. The van der Waals surface area contributed by atoms with E-state index in [0.717, 1.165) is 19.3 Å². The molecule has 0 aliphatic heterocycles. The molecule has 2 amide bonds. The molecule has 0 bridgehead atoms. The van der Waals surface area contributed by atoms with Crippen LogP contribution in [0.5, 0.6) is 0 Å². The molecule has 0 spiro atoms. The molecule has 0 heterocycles. The van der Waals surface area contributed by atoms with E-state index in [1.807, 2.05) is 6.92 Å². The van der Waals surface area contributed by atoms with Gasteiger partial charge in [-0.15, -0.1) is 0 Å². The van der Waals surface area contributed by atoms with Crippen LogP contribution < -0.4 is 10.6 Å². The third-order valence-electron chi connectivity index (χ3n) is 3.00. The van der Waals surface area contributed by atoms with Crippen LogP contribution in [0.3, 0.4) is 0 Å². The highest BCUT2D eigenvalue weighted by molar-refractivity contribution is 7.99. The third kappa shape index (κ3) is 11.1. The van der Waals surface area contributed by atoms with E-state index in [-0.39, 0.29) is 11.9 Å². The Morgan fingerprint density at radius 3 is 2.57 bits per heavy atom. The number of hydrogen-bond acceptors (Lipinski definition) is 4. The Morgan fingerprint density at radius 2 is 2.00 bits per heavy atom. The van der Waals surface area contributed by atoms with Gasteiger partial charge in [0.05, 0.1) is 5.75 Å². The van der Waals surface area contributed by atoms with Crippen molar-refractivity contribution in [2.24, 2.45) is 0 Å². The van der Waals surface area contributed by atoms with Crippen molar-refractivity contribution in [3.63, 3.8) is 0 Å². The summed E-state index contributed by atoms with van der Waals surface area (Å²) in [5.74, 6) is -0.267. The topological polar surface area (TPSA) is 95.5 Å². The van der Waals surface area contributed by atoms with Crippen LogP contribution >= 0.6 is 11.8 Å². The molecule has 0 fully saturated rings. The van der Waals surface area contributed by atoms with Gasteiger partial charge in [-0.3, -0.25) is 9.59 Å². The minimum atomic E-state index is -1.06. The monoisotopic (exact) mass is 318 g/mol. The summed E-state index contributed by atoms with van der Waals surface area (Å²) in [5.41, 5.74) is 0. The molecule has 0 radical (unpaired) electrons. The maximum atomic E-state index is 11.7. The van der Waals surface area contributed by atoms with E-state index < -0.39 is 12.0 Å². The number of carboxylic acids is 1. The van der Waals surface area contributed by atoms with E-state index in [4.69, 9.17) is 5.11 Å². The highest BCUT2D eigenvalue weighted by Gasteiger charge is 2.15. The van der Waals surface area contributed by atoms with Crippen LogP contribution in [0.25, 0.3) is 0 Å². The summed E-state index contributed by atoms with van der Waals surface area (Å²) < 4.78 is 0. The number of aliphatic carboxylic acids is 1. The van der Waals surface area contributed by atoms with E-state index in [2.05, 4.69) is 17.6 Å². The predicted molar refractivity (Wildman–Crippen MR) is 84.3 cm³/mol. The largest absolute Gasteiger partial charge is 0.480 e. The number of carbonyl (C=O) groups is 3. The molecule has 21 heavy (non-hydrogen) atoms. The lowest BCUT2D eigenvalue weighted by atomic mass is 10.1. The fraction of sp³-hybridized carbons (Fsp3) is 0.786. The average molecular weight is 318 g/mol. The highest BCUT2D eigenvalue weighted by Crippen LogP contribution is 2.07. The number of hydrogen-bond donors (Lipinski definition) is 3. The first-order valence-corrected chi connectivity index (χ1v) is 8.46. The smallest absolute Gasteiger partial charge is 0.326 e. The van der Waals surface area contributed by atoms with E-state index in [1.54, 1.807) is 0 Å². The molecule has 0 saturated carbocycles. The second kappa shape index (κ2) is 12.5. The number of thioether (sulfide) groups is 1. The molecule has 0 aromatic rings. The van der Waals surface area contributed by atoms with Gasteiger partial charge in [0.1, 0.15) is 6.04 Å². The summed E-state index contributed by atoms with van der Waals surface area (Å²) >= 11 is 1.37. The molecule has 6 nitrogen and oxygen atoms in total. The summed E-state index contributed by atoms with van der Waals surface area (Å²) in [7, 11) is 0. The normalized spacial score (nSPS) is 13.2. The summed E-state index contributed by atoms with van der Waals surface area (Å²) in [6.07, 6.45) is 5.12. The maximum Gasteiger partial charge on any atom is 0.326 e. The van der Waals surface area contributed by atoms with Gasteiger partial charge in [-0.25, -0.2) is 4.79 Å². The predicted octanol–water partition coefficient (Wildman–Crippen LogP) is 1.39. The van der Waals surface area contributed by atoms with Gasteiger partial charge >= 0.3 is 5.97 Å². The number of carbonyl (C=O) groups excluding carboxylic acids is 2. The molecule has 0 aromatic heterocycles. The molecule has 7 heteroatoms. The first-order valence-electron chi connectivity index (χ1n) is 7.30.